The Hall–Kier alpha value is -1.93. The molecule has 20 heavy (non-hydrogen) atoms. The van der Waals surface area contributed by atoms with E-state index in [2.05, 4.69) is 37.3 Å². The van der Waals surface area contributed by atoms with Gasteiger partial charge in [0.1, 0.15) is 16.2 Å². The van der Waals surface area contributed by atoms with Crippen LogP contribution in [0.2, 0.25) is 0 Å². The lowest BCUT2D eigenvalue weighted by atomic mass is 10.1. The van der Waals surface area contributed by atoms with Crippen molar-refractivity contribution in [1.82, 2.24) is 9.97 Å². The van der Waals surface area contributed by atoms with E-state index in [1.165, 1.54) is 12.8 Å². The first-order valence-electron chi connectivity index (χ1n) is 6.52. The molecular formula is C15H13BrN4. The van der Waals surface area contributed by atoms with Crippen molar-refractivity contribution >= 4 is 21.7 Å². The predicted molar refractivity (Wildman–Crippen MR) is 80.2 cm³/mol. The molecule has 4 nitrogen and oxygen atoms in total. The second-order valence-corrected chi connectivity index (χ2v) is 5.69. The lowest BCUT2D eigenvalue weighted by molar-refractivity contribution is 0.910. The van der Waals surface area contributed by atoms with E-state index in [-0.39, 0.29) is 0 Å². The predicted octanol–water partition coefficient (Wildman–Crippen LogP) is 3.60. The molecule has 0 radical (unpaired) electrons. The van der Waals surface area contributed by atoms with Crippen LogP contribution in [0.5, 0.6) is 0 Å². The van der Waals surface area contributed by atoms with E-state index in [1.54, 1.807) is 6.07 Å². The fraction of sp³-hybridized carbons (Fsp3) is 0.267. The summed E-state index contributed by atoms with van der Waals surface area (Å²) in [6.07, 6.45) is 2.36. The molecule has 1 fully saturated rings. The lowest BCUT2D eigenvalue weighted by Crippen LogP contribution is -2.04. The molecule has 0 amide bonds. The van der Waals surface area contributed by atoms with Crippen molar-refractivity contribution in [3.05, 3.63) is 51.9 Å². The van der Waals surface area contributed by atoms with E-state index >= 15 is 0 Å². The van der Waals surface area contributed by atoms with Gasteiger partial charge in [-0.25, -0.2) is 9.97 Å². The highest BCUT2D eigenvalue weighted by Crippen LogP contribution is 2.38. The van der Waals surface area contributed by atoms with Gasteiger partial charge in [0.25, 0.3) is 0 Å². The first kappa shape index (κ1) is 13.1. The number of nitrogens with one attached hydrogen (secondary N) is 1. The highest BCUT2D eigenvalue weighted by atomic mass is 79.9. The average Bonchev–Trinajstić information content (AvgIpc) is 3.29. The molecule has 0 saturated heterocycles. The molecule has 1 N–H and O–H groups in total. The van der Waals surface area contributed by atoms with Gasteiger partial charge >= 0.3 is 0 Å². The van der Waals surface area contributed by atoms with Gasteiger partial charge in [0.05, 0.1) is 11.6 Å². The van der Waals surface area contributed by atoms with Gasteiger partial charge in [-0.2, -0.15) is 5.26 Å². The van der Waals surface area contributed by atoms with Crippen molar-refractivity contribution in [1.29, 1.82) is 5.26 Å². The number of anilines is 1. The smallest absolute Gasteiger partial charge is 0.135 e. The number of benzene rings is 1. The van der Waals surface area contributed by atoms with Crippen LogP contribution >= 0.6 is 15.9 Å². The molecule has 3 rings (SSSR count). The molecule has 1 aromatic carbocycles. The molecule has 0 atom stereocenters. The molecule has 1 heterocycles. The molecule has 1 saturated carbocycles. The van der Waals surface area contributed by atoms with E-state index in [9.17, 15) is 0 Å². The highest BCUT2D eigenvalue weighted by molar-refractivity contribution is 9.10. The van der Waals surface area contributed by atoms with Gasteiger partial charge in [0, 0.05) is 18.5 Å². The fourth-order valence-electron chi connectivity index (χ4n) is 1.99. The van der Waals surface area contributed by atoms with Gasteiger partial charge in [-0.05, 0) is 46.5 Å². The maximum Gasteiger partial charge on any atom is 0.135 e. The van der Waals surface area contributed by atoms with Gasteiger partial charge in [-0.1, -0.05) is 12.1 Å². The quantitative estimate of drug-likeness (QED) is 0.871. The molecule has 0 bridgehead atoms. The molecule has 2 aromatic rings. The van der Waals surface area contributed by atoms with Gasteiger partial charge in [0.2, 0.25) is 0 Å². The van der Waals surface area contributed by atoms with Crippen LogP contribution in [-0.4, -0.2) is 9.97 Å². The Morgan fingerprint density at radius 3 is 2.90 bits per heavy atom. The summed E-state index contributed by atoms with van der Waals surface area (Å²) in [6.45, 7) is 0.642. The van der Waals surface area contributed by atoms with Crippen molar-refractivity contribution in [3.63, 3.8) is 0 Å². The first-order chi connectivity index (χ1) is 9.74. The van der Waals surface area contributed by atoms with Crippen molar-refractivity contribution < 1.29 is 0 Å². The summed E-state index contributed by atoms with van der Waals surface area (Å²) < 4.78 is 0.808. The third-order valence-corrected chi connectivity index (χ3v) is 3.59. The zero-order chi connectivity index (χ0) is 13.9. The van der Waals surface area contributed by atoms with Gasteiger partial charge in [-0.3, -0.25) is 0 Å². The van der Waals surface area contributed by atoms with E-state index in [0.29, 0.717) is 18.0 Å². The third-order valence-electron chi connectivity index (χ3n) is 3.18. The summed E-state index contributed by atoms with van der Waals surface area (Å²) in [5.41, 5.74) is 1.73. The second kappa shape index (κ2) is 5.59. The molecule has 0 aliphatic heterocycles. The van der Waals surface area contributed by atoms with Gasteiger partial charge in [-0.15, -0.1) is 0 Å². The summed E-state index contributed by atoms with van der Waals surface area (Å²) >= 11 is 3.42. The summed E-state index contributed by atoms with van der Waals surface area (Å²) in [6, 6.07) is 11.6. The molecule has 100 valence electrons. The summed E-state index contributed by atoms with van der Waals surface area (Å²) in [4.78, 5) is 8.94. The molecule has 1 aromatic heterocycles. The largest absolute Gasteiger partial charge is 0.366 e. The minimum Gasteiger partial charge on any atom is -0.366 e. The summed E-state index contributed by atoms with van der Waals surface area (Å²) in [7, 11) is 0. The Bertz CT molecular complexity index is 674. The monoisotopic (exact) mass is 328 g/mol. The SMILES string of the molecule is N#Cc1cccc(CNc2cc(Br)nc(C3CC3)n2)c1. The van der Waals surface area contributed by atoms with Crippen LogP contribution in [0.3, 0.4) is 0 Å². The maximum atomic E-state index is 8.89. The number of hydrogen-bond acceptors (Lipinski definition) is 4. The van der Waals surface area contributed by atoms with Crippen molar-refractivity contribution in [2.75, 3.05) is 5.32 Å². The Morgan fingerprint density at radius 1 is 1.30 bits per heavy atom. The molecule has 0 spiro atoms. The number of aromatic nitrogens is 2. The van der Waals surface area contributed by atoms with Crippen molar-refractivity contribution in [2.45, 2.75) is 25.3 Å². The highest BCUT2D eigenvalue weighted by Gasteiger charge is 2.27. The first-order valence-corrected chi connectivity index (χ1v) is 7.31. The number of halogens is 1. The van der Waals surface area contributed by atoms with Crippen LogP contribution in [0.15, 0.2) is 34.9 Å². The number of nitrogens with zero attached hydrogens (tertiary/aromatic N) is 3. The second-order valence-electron chi connectivity index (χ2n) is 4.87. The number of rotatable bonds is 4. The fourth-order valence-corrected chi connectivity index (χ4v) is 2.39. The topological polar surface area (TPSA) is 61.6 Å². The standard InChI is InChI=1S/C15H13BrN4/c16-13-7-14(20-15(19-13)12-4-5-12)18-9-11-3-1-2-10(6-11)8-17/h1-3,6-7,12H,4-5,9H2,(H,18,19,20). The Kier molecular flexibility index (Phi) is 3.66. The van der Waals surface area contributed by atoms with E-state index in [0.717, 1.165) is 21.8 Å². The van der Waals surface area contributed by atoms with Crippen LogP contribution in [0.25, 0.3) is 0 Å². The normalized spacial score (nSPS) is 13.8. The molecule has 5 heteroatoms. The molecular weight excluding hydrogens is 316 g/mol. The average molecular weight is 329 g/mol. The number of hydrogen-bond donors (Lipinski definition) is 1. The molecule has 1 aliphatic carbocycles. The Morgan fingerprint density at radius 2 is 2.15 bits per heavy atom. The minimum absolute atomic E-state index is 0.523. The van der Waals surface area contributed by atoms with E-state index in [4.69, 9.17) is 5.26 Å². The third kappa shape index (κ3) is 3.14. The zero-order valence-electron chi connectivity index (χ0n) is 10.8. The van der Waals surface area contributed by atoms with Crippen molar-refractivity contribution in [3.8, 4) is 6.07 Å². The van der Waals surface area contributed by atoms with Crippen LogP contribution in [0.4, 0.5) is 5.82 Å². The van der Waals surface area contributed by atoms with Gasteiger partial charge in [0.15, 0.2) is 0 Å². The molecule has 0 unspecified atom stereocenters. The van der Waals surface area contributed by atoms with Crippen molar-refractivity contribution in [2.24, 2.45) is 0 Å². The summed E-state index contributed by atoms with van der Waals surface area (Å²) in [5.74, 6) is 2.25. The van der Waals surface area contributed by atoms with Gasteiger partial charge < -0.3 is 5.32 Å². The molecule has 1 aliphatic rings. The van der Waals surface area contributed by atoms with Crippen LogP contribution in [0.1, 0.15) is 35.7 Å². The van der Waals surface area contributed by atoms with Crippen LogP contribution < -0.4 is 5.32 Å². The van der Waals surface area contributed by atoms with Crippen LogP contribution in [-0.2, 0) is 6.54 Å². The zero-order valence-corrected chi connectivity index (χ0v) is 12.4. The maximum absolute atomic E-state index is 8.89. The Balaban J connectivity index is 1.73. The number of nitriles is 1. The lowest BCUT2D eigenvalue weighted by Gasteiger charge is -2.08. The van der Waals surface area contributed by atoms with E-state index < -0.39 is 0 Å². The van der Waals surface area contributed by atoms with Crippen LogP contribution in [0, 0.1) is 11.3 Å². The minimum atomic E-state index is 0.523. The van der Waals surface area contributed by atoms with E-state index in [1.807, 2.05) is 24.3 Å². The Labute approximate surface area is 126 Å². The summed E-state index contributed by atoms with van der Waals surface area (Å²) in [5, 5.41) is 12.2.